The second-order valence-electron chi connectivity index (χ2n) is 5.87. The summed E-state index contributed by atoms with van der Waals surface area (Å²) in [7, 11) is 1.92. The van der Waals surface area contributed by atoms with Crippen molar-refractivity contribution in [3.8, 4) is 22.8 Å². The van der Waals surface area contributed by atoms with E-state index in [0.717, 1.165) is 33.5 Å². The van der Waals surface area contributed by atoms with E-state index in [1.807, 2.05) is 48.0 Å². The third-order valence-corrected chi connectivity index (χ3v) is 4.37. The minimum atomic E-state index is 0.0755. The molecular weight excluding hydrogens is 316 g/mol. The van der Waals surface area contributed by atoms with Gasteiger partial charge in [-0.05, 0) is 30.3 Å². The summed E-state index contributed by atoms with van der Waals surface area (Å²) in [5, 5.41) is 13.7. The molecule has 4 rings (SSSR count). The molecule has 0 amide bonds. The van der Waals surface area contributed by atoms with Gasteiger partial charge in [0.2, 0.25) is 0 Å². The van der Waals surface area contributed by atoms with Gasteiger partial charge in [0, 0.05) is 23.7 Å². The van der Waals surface area contributed by atoms with Crippen molar-refractivity contribution in [3.63, 3.8) is 0 Å². The number of hydrogen-bond acceptors (Lipinski definition) is 4. The van der Waals surface area contributed by atoms with Crippen LogP contribution in [-0.2, 0) is 13.6 Å². The van der Waals surface area contributed by atoms with Crippen molar-refractivity contribution in [1.82, 2.24) is 14.1 Å². The van der Waals surface area contributed by atoms with Gasteiger partial charge in [-0.1, -0.05) is 23.4 Å². The summed E-state index contributed by atoms with van der Waals surface area (Å²) in [6.45, 7) is 0.0755. The summed E-state index contributed by atoms with van der Waals surface area (Å²) in [5.41, 5.74) is 4.50. The van der Waals surface area contributed by atoms with E-state index in [4.69, 9.17) is 0 Å². The molecule has 1 N–H and O–H groups in total. The largest absolute Gasteiger partial charge is 0.508 e. The van der Waals surface area contributed by atoms with E-state index in [-0.39, 0.29) is 12.3 Å². The number of imidazole rings is 1. The van der Waals surface area contributed by atoms with Crippen molar-refractivity contribution in [2.75, 3.05) is 0 Å². The number of benzene rings is 2. The molecule has 2 aromatic carbocycles. The number of rotatable bonds is 4. The highest BCUT2D eigenvalue weighted by Crippen LogP contribution is 2.36. The summed E-state index contributed by atoms with van der Waals surface area (Å²) < 4.78 is 3.99. The minimum absolute atomic E-state index is 0.0755. The minimum Gasteiger partial charge on any atom is -0.508 e. The molecule has 0 atom stereocenters. The number of aromatic nitrogens is 3. The van der Waals surface area contributed by atoms with Crippen LogP contribution < -0.4 is 0 Å². The average molecular weight is 332 g/mol. The van der Waals surface area contributed by atoms with E-state index >= 15 is 0 Å². The molecular formula is C19H16N4O2. The molecule has 6 nitrogen and oxygen atoms in total. The lowest BCUT2D eigenvalue weighted by Crippen LogP contribution is -2.01. The smallest absolute Gasteiger partial charge is 0.115 e. The second kappa shape index (κ2) is 5.90. The normalized spacial score (nSPS) is 11.1. The molecule has 0 saturated heterocycles. The number of aryl methyl sites for hydroxylation is 1. The number of nitroso groups, excluding NO2 is 1. The number of fused-ring (bicyclic) bond motifs is 1. The molecule has 0 aliphatic carbocycles. The fraction of sp³-hybridized carbons (Fsp3) is 0.105. The number of aromatic hydroxyl groups is 1. The number of hydrogen-bond donors (Lipinski definition) is 1. The first kappa shape index (κ1) is 15.1. The third-order valence-electron chi connectivity index (χ3n) is 4.37. The highest BCUT2D eigenvalue weighted by molar-refractivity contribution is 5.93. The lowest BCUT2D eigenvalue weighted by Gasteiger charge is -2.12. The van der Waals surface area contributed by atoms with Crippen LogP contribution in [0.25, 0.3) is 28.0 Å². The SMILES string of the molecule is Cn1cncc1-c1c(CN=O)c2ccccc2n1-c1ccc(O)cc1. The Labute approximate surface area is 144 Å². The molecule has 6 heteroatoms. The molecule has 0 radical (unpaired) electrons. The van der Waals surface area contributed by atoms with Crippen molar-refractivity contribution in [1.29, 1.82) is 0 Å². The summed E-state index contributed by atoms with van der Waals surface area (Å²) in [6.07, 6.45) is 3.51. The van der Waals surface area contributed by atoms with Gasteiger partial charge in [0.25, 0.3) is 0 Å². The van der Waals surface area contributed by atoms with E-state index in [1.54, 1.807) is 24.7 Å². The highest BCUT2D eigenvalue weighted by Gasteiger charge is 2.21. The summed E-state index contributed by atoms with van der Waals surface area (Å²) in [4.78, 5) is 15.3. The van der Waals surface area contributed by atoms with Crippen molar-refractivity contribution >= 4 is 10.9 Å². The molecule has 4 aromatic rings. The predicted molar refractivity (Wildman–Crippen MR) is 96.6 cm³/mol. The van der Waals surface area contributed by atoms with Crippen LogP contribution in [0.4, 0.5) is 0 Å². The Morgan fingerprint density at radius 2 is 1.88 bits per heavy atom. The van der Waals surface area contributed by atoms with Crippen LogP contribution in [0.2, 0.25) is 0 Å². The molecule has 0 fully saturated rings. The first-order valence-electron chi connectivity index (χ1n) is 7.88. The summed E-state index contributed by atoms with van der Waals surface area (Å²) in [6, 6.07) is 14.9. The zero-order valence-electron chi connectivity index (χ0n) is 13.6. The van der Waals surface area contributed by atoms with Crippen LogP contribution in [0.1, 0.15) is 5.56 Å². The summed E-state index contributed by atoms with van der Waals surface area (Å²) >= 11 is 0. The Balaban J connectivity index is 2.14. The van der Waals surface area contributed by atoms with Crippen LogP contribution in [0.3, 0.4) is 0 Å². The van der Waals surface area contributed by atoms with Gasteiger partial charge < -0.3 is 14.2 Å². The number of para-hydroxylation sites is 1. The topological polar surface area (TPSA) is 72.4 Å². The molecule has 0 bridgehead atoms. The quantitative estimate of drug-likeness (QED) is 0.574. The van der Waals surface area contributed by atoms with Crippen molar-refractivity contribution in [2.24, 2.45) is 12.2 Å². The molecule has 124 valence electrons. The van der Waals surface area contributed by atoms with E-state index < -0.39 is 0 Å². The van der Waals surface area contributed by atoms with Crippen molar-refractivity contribution < 1.29 is 5.11 Å². The van der Waals surface area contributed by atoms with Crippen LogP contribution >= 0.6 is 0 Å². The number of phenolic OH excluding ortho intramolecular Hbond substituents is 1. The van der Waals surface area contributed by atoms with Crippen LogP contribution in [-0.4, -0.2) is 19.2 Å². The van der Waals surface area contributed by atoms with Gasteiger partial charge in [0.1, 0.15) is 12.3 Å². The first-order chi connectivity index (χ1) is 12.2. The highest BCUT2D eigenvalue weighted by atomic mass is 16.3. The zero-order valence-corrected chi connectivity index (χ0v) is 13.6. The fourth-order valence-corrected chi connectivity index (χ4v) is 3.26. The maximum atomic E-state index is 11.1. The van der Waals surface area contributed by atoms with Gasteiger partial charge in [-0.2, -0.15) is 4.91 Å². The Hall–Kier alpha value is -3.41. The molecule has 0 saturated carbocycles. The van der Waals surface area contributed by atoms with E-state index in [1.165, 1.54) is 0 Å². The lowest BCUT2D eigenvalue weighted by molar-refractivity contribution is 0.475. The van der Waals surface area contributed by atoms with Crippen LogP contribution in [0.15, 0.2) is 66.2 Å². The standard InChI is InChI=1S/C19H16N4O2/c1-22-12-20-11-18(22)19-16(10-21-25)15-4-2-3-5-17(15)23(19)13-6-8-14(24)9-7-13/h2-9,11-12,24H,10H2,1H3. The Bertz CT molecular complexity index is 1060. The maximum Gasteiger partial charge on any atom is 0.115 e. The average Bonchev–Trinajstić information content (AvgIpc) is 3.18. The Morgan fingerprint density at radius 3 is 2.56 bits per heavy atom. The predicted octanol–water partition coefficient (Wildman–Crippen LogP) is 4.00. The molecule has 0 aliphatic heterocycles. The molecule has 2 heterocycles. The van der Waals surface area contributed by atoms with E-state index in [2.05, 4.69) is 14.7 Å². The monoisotopic (exact) mass is 332 g/mol. The van der Waals surface area contributed by atoms with Crippen LogP contribution in [0.5, 0.6) is 5.75 Å². The summed E-state index contributed by atoms with van der Waals surface area (Å²) in [5.74, 6) is 0.206. The van der Waals surface area contributed by atoms with Gasteiger partial charge in [-0.15, -0.1) is 0 Å². The second-order valence-corrected chi connectivity index (χ2v) is 5.87. The van der Waals surface area contributed by atoms with Gasteiger partial charge in [-0.3, -0.25) is 0 Å². The Morgan fingerprint density at radius 1 is 1.12 bits per heavy atom. The van der Waals surface area contributed by atoms with E-state index in [0.29, 0.717) is 0 Å². The van der Waals surface area contributed by atoms with Crippen LogP contribution in [0, 0.1) is 4.91 Å². The fourth-order valence-electron chi connectivity index (χ4n) is 3.26. The lowest BCUT2D eigenvalue weighted by atomic mass is 10.1. The van der Waals surface area contributed by atoms with Gasteiger partial charge >= 0.3 is 0 Å². The maximum absolute atomic E-state index is 11.1. The molecule has 25 heavy (non-hydrogen) atoms. The van der Waals surface area contributed by atoms with Gasteiger partial charge in [-0.25, -0.2) is 4.98 Å². The van der Waals surface area contributed by atoms with Gasteiger partial charge in [0.05, 0.1) is 29.4 Å². The number of nitrogens with zero attached hydrogens (tertiary/aromatic N) is 4. The third kappa shape index (κ3) is 2.39. The van der Waals surface area contributed by atoms with Gasteiger partial charge in [0.15, 0.2) is 0 Å². The van der Waals surface area contributed by atoms with E-state index in [9.17, 15) is 10.0 Å². The molecule has 0 aliphatic rings. The first-order valence-corrected chi connectivity index (χ1v) is 7.88. The molecule has 0 unspecified atom stereocenters. The molecule has 2 aromatic heterocycles. The number of phenols is 1. The van der Waals surface area contributed by atoms with Crippen molar-refractivity contribution in [2.45, 2.75) is 6.54 Å². The van der Waals surface area contributed by atoms with Crippen molar-refractivity contribution in [3.05, 3.63) is 71.5 Å². The Kier molecular flexibility index (Phi) is 3.57. The zero-order chi connectivity index (χ0) is 17.4. The molecule has 0 spiro atoms.